The van der Waals surface area contributed by atoms with Gasteiger partial charge >= 0.3 is 0 Å². The van der Waals surface area contributed by atoms with Crippen LogP contribution in [0.4, 0.5) is 5.69 Å². The third kappa shape index (κ3) is 5.05. The van der Waals surface area contributed by atoms with Gasteiger partial charge in [0.25, 0.3) is 5.69 Å². The Morgan fingerprint density at radius 1 is 1.33 bits per heavy atom. The minimum Gasteiger partial charge on any atom is -0.395 e. The average molecular weight is 318 g/mol. The number of aliphatic hydroxyl groups excluding tert-OH is 1. The van der Waals surface area contributed by atoms with E-state index in [9.17, 15) is 18.5 Å². The van der Waals surface area contributed by atoms with Crippen molar-refractivity contribution in [1.82, 2.24) is 4.31 Å². The number of nitro benzene ring substituents is 1. The first-order valence-electron chi connectivity index (χ1n) is 6.22. The van der Waals surface area contributed by atoms with E-state index in [1.54, 1.807) is 6.07 Å². The first kappa shape index (κ1) is 17.5. The zero-order valence-electron chi connectivity index (χ0n) is 11.6. The molecular formula is C12H18N2O6S. The molecule has 0 heterocycles. The Balaban J connectivity index is 2.99. The fourth-order valence-electron chi connectivity index (χ4n) is 1.79. The maximum absolute atomic E-state index is 12.3. The van der Waals surface area contributed by atoms with Gasteiger partial charge in [-0.25, -0.2) is 8.42 Å². The summed E-state index contributed by atoms with van der Waals surface area (Å²) in [4.78, 5) is 10.3. The lowest BCUT2D eigenvalue weighted by atomic mass is 10.2. The van der Waals surface area contributed by atoms with Crippen molar-refractivity contribution in [3.63, 3.8) is 0 Å². The highest BCUT2D eigenvalue weighted by atomic mass is 32.2. The molecule has 0 amide bonds. The van der Waals surface area contributed by atoms with Crippen LogP contribution in [0.5, 0.6) is 0 Å². The van der Waals surface area contributed by atoms with Gasteiger partial charge in [0, 0.05) is 31.8 Å². The molecule has 0 aromatic heterocycles. The molecule has 0 atom stereocenters. The van der Waals surface area contributed by atoms with E-state index >= 15 is 0 Å². The van der Waals surface area contributed by atoms with Crippen LogP contribution in [0.2, 0.25) is 0 Å². The molecule has 1 aromatic rings. The van der Waals surface area contributed by atoms with Crippen LogP contribution >= 0.6 is 0 Å². The van der Waals surface area contributed by atoms with E-state index in [2.05, 4.69) is 0 Å². The molecule has 0 radical (unpaired) electrons. The van der Waals surface area contributed by atoms with Crippen molar-refractivity contribution in [2.45, 2.75) is 5.75 Å². The van der Waals surface area contributed by atoms with Crippen LogP contribution in [0.25, 0.3) is 0 Å². The predicted octanol–water partition coefficient (Wildman–Crippen LogP) is 0.365. The number of benzene rings is 1. The molecule has 0 bridgehead atoms. The van der Waals surface area contributed by atoms with Crippen LogP contribution < -0.4 is 0 Å². The molecule has 0 fully saturated rings. The predicted molar refractivity (Wildman–Crippen MR) is 76.3 cm³/mol. The average Bonchev–Trinajstić information content (AvgIpc) is 2.43. The summed E-state index contributed by atoms with van der Waals surface area (Å²) >= 11 is 0. The lowest BCUT2D eigenvalue weighted by molar-refractivity contribution is -0.385. The first-order valence-corrected chi connectivity index (χ1v) is 7.83. The van der Waals surface area contributed by atoms with Crippen LogP contribution in [0.3, 0.4) is 0 Å². The van der Waals surface area contributed by atoms with Crippen molar-refractivity contribution in [3.05, 3.63) is 39.9 Å². The summed E-state index contributed by atoms with van der Waals surface area (Å²) in [6, 6.07) is 5.69. The van der Waals surface area contributed by atoms with E-state index in [4.69, 9.17) is 9.84 Å². The van der Waals surface area contributed by atoms with Crippen LogP contribution in [0.15, 0.2) is 24.3 Å². The van der Waals surface area contributed by atoms with E-state index in [1.165, 1.54) is 25.3 Å². The summed E-state index contributed by atoms with van der Waals surface area (Å²) < 4.78 is 30.5. The van der Waals surface area contributed by atoms with Gasteiger partial charge in [0.2, 0.25) is 10.0 Å². The number of para-hydroxylation sites is 1. The fourth-order valence-corrected chi connectivity index (χ4v) is 3.33. The quantitative estimate of drug-likeness (QED) is 0.520. The third-order valence-electron chi connectivity index (χ3n) is 2.81. The highest BCUT2D eigenvalue weighted by Crippen LogP contribution is 2.21. The first-order chi connectivity index (χ1) is 9.92. The molecule has 0 aliphatic heterocycles. The Morgan fingerprint density at radius 2 is 2.00 bits per heavy atom. The molecule has 1 rings (SSSR count). The smallest absolute Gasteiger partial charge is 0.273 e. The normalized spacial score (nSPS) is 11.8. The second kappa shape index (κ2) is 8.03. The molecule has 8 nitrogen and oxygen atoms in total. The van der Waals surface area contributed by atoms with E-state index in [-0.39, 0.29) is 37.6 Å². The van der Waals surface area contributed by atoms with Gasteiger partial charge in [-0.15, -0.1) is 0 Å². The van der Waals surface area contributed by atoms with Gasteiger partial charge in [-0.1, -0.05) is 18.2 Å². The Bertz CT molecular complexity index is 575. The second-order valence-corrected chi connectivity index (χ2v) is 6.23. The number of nitrogens with zero attached hydrogens (tertiary/aromatic N) is 2. The van der Waals surface area contributed by atoms with Gasteiger partial charge in [0.15, 0.2) is 0 Å². The van der Waals surface area contributed by atoms with Gasteiger partial charge in [0.05, 0.1) is 23.9 Å². The van der Waals surface area contributed by atoms with Crippen molar-refractivity contribution in [3.8, 4) is 0 Å². The van der Waals surface area contributed by atoms with Gasteiger partial charge in [-0.3, -0.25) is 10.1 Å². The standard InChI is InChI=1S/C12H18N2O6S/c1-20-9-7-13(6-8-15)21(18,19)10-11-4-2-3-5-12(11)14(16)17/h2-5,15H,6-10H2,1H3. The molecule has 0 unspecified atom stereocenters. The van der Waals surface area contributed by atoms with Crippen LogP contribution in [0, 0.1) is 10.1 Å². The molecule has 0 aliphatic rings. The van der Waals surface area contributed by atoms with E-state index in [0.29, 0.717) is 0 Å². The Morgan fingerprint density at radius 3 is 2.57 bits per heavy atom. The highest BCUT2D eigenvalue weighted by molar-refractivity contribution is 7.88. The Kier molecular flexibility index (Phi) is 6.69. The molecule has 0 aliphatic carbocycles. The number of aliphatic hydroxyl groups is 1. The third-order valence-corrected chi connectivity index (χ3v) is 4.64. The number of rotatable bonds is 9. The summed E-state index contributed by atoms with van der Waals surface area (Å²) in [6.07, 6.45) is 0. The number of nitro groups is 1. The molecule has 0 saturated carbocycles. The monoisotopic (exact) mass is 318 g/mol. The van der Waals surface area contributed by atoms with E-state index in [1.807, 2.05) is 0 Å². The molecule has 1 N–H and O–H groups in total. The number of hydrogen-bond acceptors (Lipinski definition) is 6. The summed E-state index contributed by atoms with van der Waals surface area (Å²) in [6.45, 7) is -0.151. The fraction of sp³-hybridized carbons (Fsp3) is 0.500. The van der Waals surface area contributed by atoms with Crippen molar-refractivity contribution in [2.75, 3.05) is 33.4 Å². The summed E-state index contributed by atoms with van der Waals surface area (Å²) in [7, 11) is -2.34. The lowest BCUT2D eigenvalue weighted by Gasteiger charge is -2.20. The number of ether oxygens (including phenoxy) is 1. The molecule has 1 aromatic carbocycles. The van der Waals surface area contributed by atoms with Gasteiger partial charge in [-0.2, -0.15) is 4.31 Å². The number of methoxy groups -OCH3 is 1. The topological polar surface area (TPSA) is 110 Å². The molecule has 118 valence electrons. The molecule has 0 saturated heterocycles. The summed E-state index contributed by atoms with van der Waals surface area (Å²) in [5.41, 5.74) is -0.125. The molecule has 0 spiro atoms. The van der Waals surface area contributed by atoms with Crippen molar-refractivity contribution < 1.29 is 23.2 Å². The Labute approximate surface area is 123 Å². The van der Waals surface area contributed by atoms with E-state index in [0.717, 1.165) is 4.31 Å². The molecule has 21 heavy (non-hydrogen) atoms. The minimum absolute atomic E-state index is 0.0771. The van der Waals surface area contributed by atoms with Gasteiger partial charge < -0.3 is 9.84 Å². The summed E-state index contributed by atoms with van der Waals surface area (Å²) in [5.74, 6) is -0.492. The van der Waals surface area contributed by atoms with Crippen LogP contribution in [-0.2, 0) is 20.5 Å². The van der Waals surface area contributed by atoms with Crippen LogP contribution in [0.1, 0.15) is 5.56 Å². The largest absolute Gasteiger partial charge is 0.395 e. The lowest BCUT2D eigenvalue weighted by Crippen LogP contribution is -2.37. The maximum Gasteiger partial charge on any atom is 0.273 e. The van der Waals surface area contributed by atoms with Crippen LogP contribution in [-0.4, -0.2) is 56.2 Å². The number of sulfonamides is 1. The Hall–Kier alpha value is -1.55. The van der Waals surface area contributed by atoms with Crippen molar-refractivity contribution >= 4 is 15.7 Å². The zero-order chi connectivity index (χ0) is 15.9. The number of hydrogen-bond donors (Lipinski definition) is 1. The zero-order valence-corrected chi connectivity index (χ0v) is 12.5. The van der Waals surface area contributed by atoms with E-state index < -0.39 is 20.7 Å². The minimum atomic E-state index is -3.78. The summed E-state index contributed by atoms with van der Waals surface area (Å²) in [5, 5.41) is 19.9. The molecule has 9 heteroatoms. The maximum atomic E-state index is 12.3. The SMILES string of the molecule is COCCN(CCO)S(=O)(=O)Cc1ccccc1[N+](=O)[O-]. The second-order valence-electron chi connectivity index (χ2n) is 4.26. The van der Waals surface area contributed by atoms with Crippen molar-refractivity contribution in [1.29, 1.82) is 0 Å². The molecular weight excluding hydrogens is 300 g/mol. The van der Waals surface area contributed by atoms with Gasteiger partial charge in [0.1, 0.15) is 0 Å². The highest BCUT2D eigenvalue weighted by Gasteiger charge is 2.25. The van der Waals surface area contributed by atoms with Gasteiger partial charge in [-0.05, 0) is 0 Å². The van der Waals surface area contributed by atoms with Crippen molar-refractivity contribution in [2.24, 2.45) is 0 Å².